The van der Waals surface area contributed by atoms with Crippen LogP contribution in [0, 0.1) is 6.92 Å². The molecule has 0 radical (unpaired) electrons. The lowest BCUT2D eigenvalue weighted by Gasteiger charge is -2.23. The van der Waals surface area contributed by atoms with Crippen LogP contribution < -0.4 is 15.4 Å². The number of pyridine rings is 2. The van der Waals surface area contributed by atoms with Crippen molar-refractivity contribution in [2.75, 3.05) is 18.4 Å². The van der Waals surface area contributed by atoms with Crippen LogP contribution in [0.5, 0.6) is 11.6 Å². The number of nitrogens with one attached hydrogen (secondary N) is 2. The van der Waals surface area contributed by atoms with Crippen molar-refractivity contribution in [3.8, 4) is 22.9 Å². The van der Waals surface area contributed by atoms with Crippen LogP contribution in [-0.4, -0.2) is 47.5 Å². The minimum atomic E-state index is -3.58. The number of hydrogen-bond acceptors (Lipinski definition) is 9. The zero-order valence-corrected chi connectivity index (χ0v) is 23.4. The number of benzene rings is 2. The van der Waals surface area contributed by atoms with Gasteiger partial charge in [-0.2, -0.15) is 0 Å². The van der Waals surface area contributed by atoms with Gasteiger partial charge in [0.25, 0.3) is 0 Å². The van der Waals surface area contributed by atoms with Crippen molar-refractivity contribution in [1.29, 1.82) is 0 Å². The second kappa shape index (κ2) is 11.6. The third-order valence-electron chi connectivity index (χ3n) is 7.17. The first kappa shape index (κ1) is 26.8. The van der Waals surface area contributed by atoms with Crippen molar-refractivity contribution in [2.24, 2.45) is 0 Å². The third kappa shape index (κ3) is 5.89. The van der Waals surface area contributed by atoms with Gasteiger partial charge >= 0.3 is 0 Å². The molecule has 0 bridgehead atoms. The Balaban J connectivity index is 1.33. The topological polar surface area (TPSA) is 119 Å². The summed E-state index contributed by atoms with van der Waals surface area (Å²) in [6, 6.07) is 18.6. The van der Waals surface area contributed by atoms with Crippen LogP contribution in [-0.2, 0) is 15.6 Å². The maximum Gasteiger partial charge on any atom is 0.228 e. The molecule has 1 saturated heterocycles. The number of ether oxygens (including phenoxy) is 1. The Hall–Kier alpha value is -4.41. The zero-order valence-electron chi connectivity index (χ0n) is 22.6. The Kier molecular flexibility index (Phi) is 7.58. The molecule has 2 N–H and O–H groups in total. The molecule has 9 nitrogen and oxygen atoms in total. The van der Waals surface area contributed by atoms with E-state index in [0.717, 1.165) is 47.8 Å². The summed E-state index contributed by atoms with van der Waals surface area (Å²) < 4.78 is 32.8. The summed E-state index contributed by atoms with van der Waals surface area (Å²) >= 11 is 0. The Labute approximate surface area is 239 Å². The number of rotatable bonds is 8. The fraction of sp³-hybridized carbons (Fsp3) is 0.226. The molecule has 6 rings (SSSR count). The minimum absolute atomic E-state index is 0.152. The number of aromatic nitrogens is 4. The molecule has 2 aromatic carbocycles. The van der Waals surface area contributed by atoms with Crippen molar-refractivity contribution < 1.29 is 13.2 Å². The van der Waals surface area contributed by atoms with E-state index in [9.17, 15) is 8.42 Å². The largest absolute Gasteiger partial charge is 0.437 e. The van der Waals surface area contributed by atoms with E-state index >= 15 is 0 Å². The van der Waals surface area contributed by atoms with Gasteiger partial charge in [-0.25, -0.2) is 23.4 Å². The summed E-state index contributed by atoms with van der Waals surface area (Å²) in [5, 5.41) is 8.43. The van der Waals surface area contributed by atoms with Gasteiger partial charge in [-0.1, -0.05) is 30.3 Å². The molecule has 1 aliphatic heterocycles. The van der Waals surface area contributed by atoms with Crippen molar-refractivity contribution in [1.82, 2.24) is 25.3 Å². The number of hydrogen-bond donors (Lipinski definition) is 2. The molecule has 3 aromatic heterocycles. The number of sulfone groups is 1. The highest BCUT2D eigenvalue weighted by Gasteiger charge is 2.20. The zero-order chi connectivity index (χ0) is 28.2. The number of fused-ring (bicyclic) bond motifs is 1. The Morgan fingerprint density at radius 3 is 2.71 bits per heavy atom. The maximum absolute atomic E-state index is 13.1. The van der Waals surface area contributed by atoms with Crippen LogP contribution in [0.25, 0.3) is 22.0 Å². The summed E-state index contributed by atoms with van der Waals surface area (Å²) in [6.07, 6.45) is 8.52. The summed E-state index contributed by atoms with van der Waals surface area (Å²) in [6.45, 7) is 3.87. The van der Waals surface area contributed by atoms with Gasteiger partial charge in [0, 0.05) is 42.8 Å². The molecule has 41 heavy (non-hydrogen) atoms. The highest BCUT2D eigenvalue weighted by Crippen LogP contribution is 2.38. The molecular weight excluding hydrogens is 536 g/mol. The number of anilines is 1. The molecule has 1 atom stereocenters. The Morgan fingerprint density at radius 1 is 0.976 bits per heavy atom. The van der Waals surface area contributed by atoms with Crippen LogP contribution in [0.15, 0.2) is 90.3 Å². The summed E-state index contributed by atoms with van der Waals surface area (Å²) in [5.74, 6) is 1.43. The third-order valence-corrected chi connectivity index (χ3v) is 8.82. The Morgan fingerprint density at radius 2 is 1.88 bits per heavy atom. The fourth-order valence-corrected chi connectivity index (χ4v) is 6.42. The van der Waals surface area contributed by atoms with Crippen LogP contribution in [0.3, 0.4) is 0 Å². The van der Waals surface area contributed by atoms with Gasteiger partial charge in [0.1, 0.15) is 5.75 Å². The molecule has 0 spiro atoms. The van der Waals surface area contributed by atoms with Crippen LogP contribution >= 0.6 is 0 Å². The van der Waals surface area contributed by atoms with Crippen LogP contribution in [0.1, 0.15) is 24.0 Å². The van der Waals surface area contributed by atoms with E-state index in [4.69, 9.17) is 9.72 Å². The first-order chi connectivity index (χ1) is 20.0. The summed E-state index contributed by atoms with van der Waals surface area (Å²) in [4.78, 5) is 17.9. The van der Waals surface area contributed by atoms with E-state index in [1.165, 1.54) is 6.20 Å². The average molecular weight is 567 g/mol. The normalized spacial score (nSPS) is 15.5. The summed E-state index contributed by atoms with van der Waals surface area (Å²) in [7, 11) is -3.58. The second-order valence-electron chi connectivity index (χ2n) is 10.1. The van der Waals surface area contributed by atoms with Gasteiger partial charge in [0.15, 0.2) is 9.84 Å². The predicted octanol–water partition coefficient (Wildman–Crippen LogP) is 5.33. The molecule has 0 aliphatic carbocycles. The molecule has 4 heterocycles. The quantitative estimate of drug-likeness (QED) is 0.257. The van der Waals surface area contributed by atoms with Crippen molar-refractivity contribution in [2.45, 2.75) is 36.5 Å². The number of nitrogens with zero attached hydrogens (tertiary/aromatic N) is 4. The molecule has 1 aliphatic rings. The standard InChI is InChI=1S/C31H30N6O3S/c1-21-11-12-25-22(20-41(38,39)24-8-4-15-33-19-24)6-2-9-26(25)29(21)40-30-27(10-5-16-34-30)28-13-17-35-31(37-28)36-23-7-3-14-32-18-23/h2,4-6,8-13,15-17,19,23,32H,3,7,14,18,20H2,1H3,(H,35,36,37)/t23-/m0/s1. The number of piperidine rings is 1. The lowest BCUT2D eigenvalue weighted by Crippen LogP contribution is -2.38. The monoisotopic (exact) mass is 566 g/mol. The fourth-order valence-electron chi connectivity index (χ4n) is 5.08. The predicted molar refractivity (Wildman–Crippen MR) is 159 cm³/mol. The average Bonchev–Trinajstić information content (AvgIpc) is 3.00. The molecule has 208 valence electrons. The highest BCUT2D eigenvalue weighted by atomic mass is 32.2. The van der Waals surface area contributed by atoms with E-state index in [-0.39, 0.29) is 16.7 Å². The van der Waals surface area contributed by atoms with Gasteiger partial charge in [0.05, 0.1) is 21.9 Å². The van der Waals surface area contributed by atoms with Gasteiger partial charge in [0.2, 0.25) is 11.8 Å². The molecule has 5 aromatic rings. The lowest BCUT2D eigenvalue weighted by molar-refractivity contribution is 0.466. The maximum atomic E-state index is 13.1. The molecular formula is C31H30N6O3S. The van der Waals surface area contributed by atoms with Gasteiger partial charge < -0.3 is 15.4 Å². The van der Waals surface area contributed by atoms with E-state index < -0.39 is 9.84 Å². The smallest absolute Gasteiger partial charge is 0.228 e. The van der Waals surface area contributed by atoms with Crippen LogP contribution in [0.2, 0.25) is 0 Å². The summed E-state index contributed by atoms with van der Waals surface area (Å²) in [5.41, 5.74) is 3.00. The lowest BCUT2D eigenvalue weighted by atomic mass is 10.0. The van der Waals surface area contributed by atoms with Gasteiger partial charge in [-0.05, 0) is 73.2 Å². The van der Waals surface area contributed by atoms with Gasteiger partial charge in [-0.3, -0.25) is 4.98 Å². The van der Waals surface area contributed by atoms with Gasteiger partial charge in [-0.15, -0.1) is 0 Å². The molecule has 10 heteroatoms. The van der Waals surface area contributed by atoms with Crippen molar-refractivity contribution in [3.05, 3.63) is 96.6 Å². The van der Waals surface area contributed by atoms with E-state index in [0.29, 0.717) is 28.8 Å². The first-order valence-electron chi connectivity index (χ1n) is 13.6. The highest BCUT2D eigenvalue weighted by molar-refractivity contribution is 7.90. The van der Waals surface area contributed by atoms with E-state index in [1.807, 2.05) is 55.5 Å². The van der Waals surface area contributed by atoms with Crippen molar-refractivity contribution >= 4 is 26.6 Å². The Bertz CT molecular complexity index is 1790. The van der Waals surface area contributed by atoms with Crippen LogP contribution in [0.4, 0.5) is 5.95 Å². The van der Waals surface area contributed by atoms with Crippen molar-refractivity contribution in [3.63, 3.8) is 0 Å². The van der Waals surface area contributed by atoms with E-state index in [1.54, 1.807) is 30.7 Å². The number of aryl methyl sites for hydroxylation is 1. The molecule has 0 saturated carbocycles. The van der Waals surface area contributed by atoms with E-state index in [2.05, 4.69) is 25.6 Å². The second-order valence-corrected chi connectivity index (χ2v) is 12.1. The first-order valence-corrected chi connectivity index (χ1v) is 15.2. The molecule has 0 amide bonds. The molecule has 1 fully saturated rings. The molecule has 0 unspecified atom stereocenters. The SMILES string of the molecule is Cc1ccc2c(CS(=O)(=O)c3cccnc3)cccc2c1Oc1ncccc1-c1ccnc(N[C@H]2CCCNC2)n1. The minimum Gasteiger partial charge on any atom is -0.437 e.